The average Bonchev–Trinajstić information content (AvgIpc) is 3.51. The van der Waals surface area contributed by atoms with E-state index in [0.29, 0.717) is 19.5 Å². The highest BCUT2D eigenvalue weighted by Crippen LogP contribution is 2.36. The minimum Gasteiger partial charge on any atom is -0.380 e. The Kier molecular flexibility index (Phi) is 6.43. The molecule has 1 aliphatic heterocycles. The number of aromatic nitrogens is 1. The molecule has 1 saturated heterocycles. The fraction of sp³-hybridized carbons (Fsp3) is 0.381. The summed E-state index contributed by atoms with van der Waals surface area (Å²) in [6.45, 7) is 0.790. The highest BCUT2D eigenvalue weighted by Gasteiger charge is 2.39. The van der Waals surface area contributed by atoms with Crippen molar-refractivity contribution in [3.8, 4) is 0 Å². The number of fused-ring (bicyclic) bond motifs is 1. The molecular formula is C21H23N3O4S2. The maximum absolute atomic E-state index is 12.9. The van der Waals surface area contributed by atoms with E-state index in [0.717, 1.165) is 32.9 Å². The smallest absolute Gasteiger partial charge is 0.255 e. The Labute approximate surface area is 182 Å². The standard InChI is InChI=1S/C21H23N3O4S2/c25-17(19(27)22-10-9-13-5-4-12-29-13)18(26)21(28)24-11-3-7-15(24)20-23-14-6-1-2-8-16(14)30-20/h1-2,4-6,8,12,15,17-18,25-26H,3,7,9-11H2,(H,22,27)/t15?,17-,18-/m1/s1. The lowest BCUT2D eigenvalue weighted by Crippen LogP contribution is -2.50. The normalized spacial score (nSPS) is 18.5. The van der Waals surface area contributed by atoms with Gasteiger partial charge in [-0.2, -0.15) is 0 Å². The summed E-state index contributed by atoms with van der Waals surface area (Å²) in [6.07, 6.45) is -1.46. The van der Waals surface area contributed by atoms with Crippen molar-refractivity contribution in [3.63, 3.8) is 0 Å². The Morgan fingerprint density at radius 2 is 2.03 bits per heavy atom. The predicted octanol–water partition coefficient (Wildman–Crippen LogP) is 2.10. The second-order valence-corrected chi connectivity index (χ2v) is 9.31. The fourth-order valence-electron chi connectivity index (χ4n) is 3.64. The Bertz CT molecular complexity index is 987. The SMILES string of the molecule is O=C(NCCc1cccs1)[C@H](O)[C@@H](O)C(=O)N1CCCC1c1nc2ccccc2s1. The number of para-hydroxylation sites is 1. The van der Waals surface area contributed by atoms with Crippen LogP contribution in [-0.2, 0) is 16.0 Å². The molecule has 2 amide bonds. The number of amides is 2. The molecule has 0 bridgehead atoms. The van der Waals surface area contributed by atoms with E-state index in [-0.39, 0.29) is 6.04 Å². The Morgan fingerprint density at radius 3 is 2.80 bits per heavy atom. The molecule has 3 aromatic rings. The van der Waals surface area contributed by atoms with Crippen LogP contribution >= 0.6 is 22.7 Å². The number of carbonyl (C=O) groups is 2. The zero-order valence-corrected chi connectivity index (χ0v) is 17.9. The molecule has 1 aromatic carbocycles. The Hall–Kier alpha value is -2.33. The van der Waals surface area contributed by atoms with Crippen molar-refractivity contribution < 1.29 is 19.8 Å². The summed E-state index contributed by atoms with van der Waals surface area (Å²) in [5.41, 5.74) is 0.877. The number of nitrogens with zero attached hydrogens (tertiary/aromatic N) is 2. The first kappa shape index (κ1) is 20.9. The van der Waals surface area contributed by atoms with Gasteiger partial charge in [-0.15, -0.1) is 22.7 Å². The van der Waals surface area contributed by atoms with Crippen LogP contribution in [0.4, 0.5) is 0 Å². The molecular weight excluding hydrogens is 422 g/mol. The number of hydrogen-bond donors (Lipinski definition) is 3. The van der Waals surface area contributed by atoms with Gasteiger partial charge in [0.1, 0.15) is 5.01 Å². The first-order valence-electron chi connectivity index (χ1n) is 9.87. The molecule has 0 aliphatic carbocycles. The van der Waals surface area contributed by atoms with Gasteiger partial charge in [0.2, 0.25) is 0 Å². The molecule has 0 saturated carbocycles. The summed E-state index contributed by atoms with van der Waals surface area (Å²) in [5, 5.41) is 26.0. The van der Waals surface area contributed by atoms with Crippen LogP contribution in [0, 0.1) is 0 Å². The van der Waals surface area contributed by atoms with E-state index in [4.69, 9.17) is 0 Å². The Morgan fingerprint density at radius 1 is 1.20 bits per heavy atom. The molecule has 0 spiro atoms. The van der Waals surface area contributed by atoms with Crippen LogP contribution in [-0.4, -0.2) is 57.2 Å². The number of carbonyl (C=O) groups excluding carboxylic acids is 2. The zero-order chi connectivity index (χ0) is 21.1. The fourth-order valence-corrected chi connectivity index (χ4v) is 5.46. The lowest BCUT2D eigenvalue weighted by molar-refractivity contribution is -0.153. The average molecular weight is 446 g/mol. The molecule has 9 heteroatoms. The van der Waals surface area contributed by atoms with E-state index in [1.54, 1.807) is 11.3 Å². The summed E-state index contributed by atoms with van der Waals surface area (Å²) in [7, 11) is 0. The summed E-state index contributed by atoms with van der Waals surface area (Å²) in [5.74, 6) is -1.39. The third-order valence-corrected chi connectivity index (χ3v) is 7.28. The van der Waals surface area contributed by atoms with E-state index in [1.165, 1.54) is 16.2 Å². The quantitative estimate of drug-likeness (QED) is 0.517. The Balaban J connectivity index is 1.38. The minimum atomic E-state index is -1.81. The second-order valence-electron chi connectivity index (χ2n) is 7.22. The number of thiophene rings is 1. The van der Waals surface area contributed by atoms with Gasteiger partial charge in [0, 0.05) is 18.0 Å². The third kappa shape index (κ3) is 4.39. The molecule has 1 fully saturated rings. The number of hydrogen-bond acceptors (Lipinski definition) is 7. The van der Waals surface area contributed by atoms with Gasteiger partial charge in [0.05, 0.1) is 16.3 Å². The number of rotatable bonds is 7. The lowest BCUT2D eigenvalue weighted by Gasteiger charge is -2.27. The van der Waals surface area contributed by atoms with E-state index >= 15 is 0 Å². The van der Waals surface area contributed by atoms with Gasteiger partial charge in [-0.25, -0.2) is 4.98 Å². The summed E-state index contributed by atoms with van der Waals surface area (Å²) in [4.78, 5) is 32.3. The number of aliphatic hydroxyl groups excluding tert-OH is 2. The molecule has 1 unspecified atom stereocenters. The molecule has 1 aliphatic rings. The van der Waals surface area contributed by atoms with Crippen molar-refractivity contribution >= 4 is 44.7 Å². The lowest BCUT2D eigenvalue weighted by atomic mass is 10.1. The van der Waals surface area contributed by atoms with Crippen molar-refractivity contribution in [2.75, 3.05) is 13.1 Å². The van der Waals surface area contributed by atoms with Crippen LogP contribution in [0.5, 0.6) is 0 Å². The molecule has 2 aromatic heterocycles. The van der Waals surface area contributed by atoms with Gasteiger partial charge in [0.25, 0.3) is 11.8 Å². The van der Waals surface area contributed by atoms with E-state index < -0.39 is 24.0 Å². The van der Waals surface area contributed by atoms with Crippen molar-refractivity contribution in [2.24, 2.45) is 0 Å². The molecule has 30 heavy (non-hydrogen) atoms. The summed E-state index contributed by atoms with van der Waals surface area (Å²) in [6, 6.07) is 11.4. The van der Waals surface area contributed by atoms with Crippen LogP contribution < -0.4 is 5.32 Å². The molecule has 7 nitrogen and oxygen atoms in total. The van der Waals surface area contributed by atoms with Gasteiger partial charge in [-0.3, -0.25) is 9.59 Å². The minimum absolute atomic E-state index is 0.251. The van der Waals surface area contributed by atoms with Crippen molar-refractivity contribution in [3.05, 3.63) is 51.7 Å². The van der Waals surface area contributed by atoms with Gasteiger partial charge >= 0.3 is 0 Å². The second kappa shape index (κ2) is 9.22. The van der Waals surface area contributed by atoms with Crippen molar-refractivity contribution in [1.29, 1.82) is 0 Å². The number of aliphatic hydroxyl groups is 2. The van der Waals surface area contributed by atoms with Gasteiger partial charge in [0.15, 0.2) is 12.2 Å². The van der Waals surface area contributed by atoms with Crippen molar-refractivity contribution in [1.82, 2.24) is 15.2 Å². The maximum atomic E-state index is 12.9. The van der Waals surface area contributed by atoms with Crippen LogP contribution in [0.15, 0.2) is 41.8 Å². The topological polar surface area (TPSA) is 103 Å². The van der Waals surface area contributed by atoms with E-state index in [1.807, 2.05) is 41.8 Å². The summed E-state index contributed by atoms with van der Waals surface area (Å²) < 4.78 is 1.04. The van der Waals surface area contributed by atoms with Gasteiger partial charge < -0.3 is 20.4 Å². The molecule has 158 valence electrons. The number of thiazole rings is 1. The molecule has 3 N–H and O–H groups in total. The van der Waals surface area contributed by atoms with Gasteiger partial charge in [-0.05, 0) is 42.8 Å². The van der Waals surface area contributed by atoms with Crippen LogP contribution in [0.2, 0.25) is 0 Å². The largest absolute Gasteiger partial charge is 0.380 e. The van der Waals surface area contributed by atoms with E-state index in [2.05, 4.69) is 10.3 Å². The van der Waals surface area contributed by atoms with Gasteiger partial charge in [-0.1, -0.05) is 18.2 Å². The highest BCUT2D eigenvalue weighted by atomic mass is 32.1. The predicted molar refractivity (Wildman–Crippen MR) is 116 cm³/mol. The first-order chi connectivity index (χ1) is 14.5. The molecule has 4 rings (SSSR count). The van der Waals surface area contributed by atoms with Crippen molar-refractivity contribution in [2.45, 2.75) is 37.5 Å². The van der Waals surface area contributed by atoms with Crippen LogP contribution in [0.25, 0.3) is 10.2 Å². The number of benzene rings is 1. The first-order valence-corrected chi connectivity index (χ1v) is 11.6. The third-order valence-electron chi connectivity index (χ3n) is 5.20. The highest BCUT2D eigenvalue weighted by molar-refractivity contribution is 7.18. The maximum Gasteiger partial charge on any atom is 0.255 e. The number of nitrogens with one attached hydrogen (secondary N) is 1. The van der Waals surface area contributed by atoms with Crippen LogP contribution in [0.1, 0.15) is 28.8 Å². The summed E-state index contributed by atoms with van der Waals surface area (Å²) >= 11 is 3.11. The monoisotopic (exact) mass is 445 g/mol. The zero-order valence-electron chi connectivity index (χ0n) is 16.2. The van der Waals surface area contributed by atoms with E-state index in [9.17, 15) is 19.8 Å². The number of likely N-dealkylation sites (tertiary alicyclic amines) is 1. The molecule has 0 radical (unpaired) electrons. The van der Waals surface area contributed by atoms with Crippen LogP contribution in [0.3, 0.4) is 0 Å². The molecule has 3 heterocycles. The molecule has 3 atom stereocenters.